The van der Waals surface area contributed by atoms with Gasteiger partial charge < -0.3 is 10.1 Å². The molecule has 2 aromatic carbocycles. The van der Waals surface area contributed by atoms with Crippen molar-refractivity contribution in [2.45, 2.75) is 13.0 Å². The van der Waals surface area contributed by atoms with Crippen molar-refractivity contribution >= 4 is 5.69 Å². The first-order valence-electron chi connectivity index (χ1n) is 6.05. The highest BCUT2D eigenvalue weighted by atomic mass is 19.1. The van der Waals surface area contributed by atoms with Crippen LogP contribution in [0.5, 0.6) is 5.75 Å². The normalized spacial score (nSPS) is 12.1. The zero-order chi connectivity index (χ0) is 14.7. The van der Waals surface area contributed by atoms with Gasteiger partial charge in [0.05, 0.1) is 7.11 Å². The van der Waals surface area contributed by atoms with E-state index < -0.39 is 17.5 Å². The molecule has 1 atom stereocenters. The summed E-state index contributed by atoms with van der Waals surface area (Å²) in [4.78, 5) is 0. The summed E-state index contributed by atoms with van der Waals surface area (Å²) >= 11 is 0. The molecule has 0 aliphatic heterocycles. The van der Waals surface area contributed by atoms with Crippen LogP contribution in [0.15, 0.2) is 36.4 Å². The standard InChI is InChI=1S/C15H14F3NO/c1-9(10-5-11(16)7-12(17)6-10)19-13-3-4-15(20-2)14(18)8-13/h3-9,19H,1-2H3. The molecule has 106 valence electrons. The largest absolute Gasteiger partial charge is 0.494 e. The monoisotopic (exact) mass is 281 g/mol. The van der Waals surface area contributed by atoms with Gasteiger partial charge in [-0.05, 0) is 36.8 Å². The zero-order valence-electron chi connectivity index (χ0n) is 11.1. The van der Waals surface area contributed by atoms with E-state index in [2.05, 4.69) is 5.32 Å². The number of halogens is 3. The Balaban J connectivity index is 2.18. The van der Waals surface area contributed by atoms with Crippen LogP contribution in [0.3, 0.4) is 0 Å². The molecule has 1 unspecified atom stereocenters. The van der Waals surface area contributed by atoms with Crippen LogP contribution < -0.4 is 10.1 Å². The molecule has 0 aliphatic rings. The lowest BCUT2D eigenvalue weighted by molar-refractivity contribution is 0.386. The van der Waals surface area contributed by atoms with Crippen LogP contribution in [0.1, 0.15) is 18.5 Å². The minimum absolute atomic E-state index is 0.139. The van der Waals surface area contributed by atoms with E-state index in [9.17, 15) is 13.2 Å². The topological polar surface area (TPSA) is 21.3 Å². The number of rotatable bonds is 4. The fourth-order valence-electron chi connectivity index (χ4n) is 1.91. The second kappa shape index (κ2) is 5.86. The Labute approximate surface area is 115 Å². The first kappa shape index (κ1) is 14.2. The van der Waals surface area contributed by atoms with Crippen LogP contribution >= 0.6 is 0 Å². The number of hydrogen-bond acceptors (Lipinski definition) is 2. The van der Waals surface area contributed by atoms with E-state index in [0.717, 1.165) is 6.07 Å². The van der Waals surface area contributed by atoms with E-state index >= 15 is 0 Å². The molecule has 0 bridgehead atoms. The third-order valence-electron chi connectivity index (χ3n) is 2.92. The summed E-state index contributed by atoms with van der Waals surface area (Å²) in [5.74, 6) is -1.65. The van der Waals surface area contributed by atoms with Crippen molar-refractivity contribution in [2.24, 2.45) is 0 Å². The Hall–Kier alpha value is -2.17. The molecule has 2 aromatic rings. The maximum absolute atomic E-state index is 13.5. The molecule has 1 N–H and O–H groups in total. The molecule has 0 heterocycles. The minimum Gasteiger partial charge on any atom is -0.494 e. The van der Waals surface area contributed by atoms with Gasteiger partial charge in [0.25, 0.3) is 0 Å². The van der Waals surface area contributed by atoms with Gasteiger partial charge in [0.1, 0.15) is 11.6 Å². The number of anilines is 1. The summed E-state index contributed by atoms with van der Waals surface area (Å²) in [7, 11) is 1.38. The van der Waals surface area contributed by atoms with Crippen LogP contribution in [-0.4, -0.2) is 7.11 Å². The maximum Gasteiger partial charge on any atom is 0.167 e. The number of nitrogens with one attached hydrogen (secondary N) is 1. The van der Waals surface area contributed by atoms with Gasteiger partial charge in [0.15, 0.2) is 11.6 Å². The smallest absolute Gasteiger partial charge is 0.167 e. The summed E-state index contributed by atoms with van der Waals surface area (Å²) in [5, 5.41) is 2.98. The molecule has 0 saturated carbocycles. The Morgan fingerprint density at radius 2 is 1.65 bits per heavy atom. The summed E-state index contributed by atoms with van der Waals surface area (Å²) in [6.07, 6.45) is 0. The average Bonchev–Trinajstić information content (AvgIpc) is 2.37. The molecule has 0 aromatic heterocycles. The Morgan fingerprint density at radius 1 is 1.00 bits per heavy atom. The minimum atomic E-state index is -0.644. The summed E-state index contributed by atoms with van der Waals surface area (Å²) < 4.78 is 44.7. The molecule has 2 nitrogen and oxygen atoms in total. The van der Waals surface area contributed by atoms with Crippen LogP contribution in [0.25, 0.3) is 0 Å². The van der Waals surface area contributed by atoms with Gasteiger partial charge in [-0.1, -0.05) is 0 Å². The van der Waals surface area contributed by atoms with Crippen molar-refractivity contribution in [1.82, 2.24) is 0 Å². The molecule has 0 saturated heterocycles. The molecule has 2 rings (SSSR count). The predicted molar refractivity (Wildman–Crippen MR) is 71.3 cm³/mol. The third-order valence-corrected chi connectivity index (χ3v) is 2.92. The van der Waals surface area contributed by atoms with Crippen molar-refractivity contribution in [3.8, 4) is 5.75 Å². The van der Waals surface area contributed by atoms with Gasteiger partial charge in [-0.25, -0.2) is 13.2 Å². The lowest BCUT2D eigenvalue weighted by atomic mass is 10.1. The molecule has 0 aliphatic carbocycles. The summed E-state index contributed by atoms with van der Waals surface area (Å²) in [5.41, 5.74) is 0.944. The van der Waals surface area contributed by atoms with E-state index in [1.54, 1.807) is 13.0 Å². The van der Waals surface area contributed by atoms with Crippen LogP contribution in [0.4, 0.5) is 18.9 Å². The van der Waals surface area contributed by atoms with E-state index in [1.807, 2.05) is 0 Å². The number of methoxy groups -OCH3 is 1. The quantitative estimate of drug-likeness (QED) is 0.902. The van der Waals surface area contributed by atoms with Crippen LogP contribution in [0, 0.1) is 17.5 Å². The molecule has 0 fully saturated rings. The third kappa shape index (κ3) is 3.23. The second-order valence-electron chi connectivity index (χ2n) is 4.42. The van der Waals surface area contributed by atoms with Gasteiger partial charge in [-0.15, -0.1) is 0 Å². The molecule has 20 heavy (non-hydrogen) atoms. The van der Waals surface area contributed by atoms with Gasteiger partial charge in [-0.2, -0.15) is 0 Å². The van der Waals surface area contributed by atoms with E-state index in [1.165, 1.54) is 31.4 Å². The fraction of sp³-hybridized carbons (Fsp3) is 0.200. The predicted octanol–water partition coefficient (Wildman–Crippen LogP) is 4.29. The first-order chi connectivity index (χ1) is 9.49. The second-order valence-corrected chi connectivity index (χ2v) is 4.42. The summed E-state index contributed by atoms with van der Waals surface area (Å²) in [6.45, 7) is 1.73. The summed E-state index contributed by atoms with van der Waals surface area (Å²) in [6, 6.07) is 7.30. The first-order valence-corrected chi connectivity index (χ1v) is 6.05. The van der Waals surface area contributed by atoms with Gasteiger partial charge in [0.2, 0.25) is 0 Å². The van der Waals surface area contributed by atoms with Gasteiger partial charge in [-0.3, -0.25) is 0 Å². The average molecular weight is 281 g/mol. The van der Waals surface area contributed by atoms with E-state index in [-0.39, 0.29) is 11.8 Å². The Kier molecular flexibility index (Phi) is 4.17. The highest BCUT2D eigenvalue weighted by Crippen LogP contribution is 2.25. The maximum atomic E-state index is 13.5. The van der Waals surface area contributed by atoms with Crippen molar-refractivity contribution in [1.29, 1.82) is 0 Å². The highest BCUT2D eigenvalue weighted by molar-refractivity contribution is 5.49. The van der Waals surface area contributed by atoms with Crippen LogP contribution in [0.2, 0.25) is 0 Å². The van der Waals surface area contributed by atoms with Gasteiger partial charge >= 0.3 is 0 Å². The number of hydrogen-bond donors (Lipinski definition) is 1. The lowest BCUT2D eigenvalue weighted by Gasteiger charge is -2.16. The van der Waals surface area contributed by atoms with Crippen molar-refractivity contribution < 1.29 is 17.9 Å². The number of benzene rings is 2. The Bertz CT molecular complexity index is 596. The SMILES string of the molecule is COc1ccc(NC(C)c2cc(F)cc(F)c2)cc1F. The van der Waals surface area contributed by atoms with E-state index in [0.29, 0.717) is 11.3 Å². The molecule has 0 amide bonds. The molecule has 5 heteroatoms. The van der Waals surface area contributed by atoms with E-state index in [4.69, 9.17) is 4.74 Å². The molecular formula is C15H14F3NO. The van der Waals surface area contributed by atoms with Crippen molar-refractivity contribution in [3.63, 3.8) is 0 Å². The lowest BCUT2D eigenvalue weighted by Crippen LogP contribution is -2.07. The zero-order valence-corrected chi connectivity index (χ0v) is 11.1. The number of ether oxygens (including phenoxy) is 1. The molecule has 0 radical (unpaired) electrons. The van der Waals surface area contributed by atoms with Crippen molar-refractivity contribution in [3.05, 3.63) is 59.4 Å². The molecule has 0 spiro atoms. The molecular weight excluding hydrogens is 267 g/mol. The highest BCUT2D eigenvalue weighted by Gasteiger charge is 2.10. The van der Waals surface area contributed by atoms with Crippen LogP contribution in [-0.2, 0) is 0 Å². The van der Waals surface area contributed by atoms with Gasteiger partial charge in [0, 0.05) is 23.9 Å². The Morgan fingerprint density at radius 3 is 2.20 bits per heavy atom. The fourth-order valence-corrected chi connectivity index (χ4v) is 1.91. The van der Waals surface area contributed by atoms with Crippen molar-refractivity contribution in [2.75, 3.05) is 12.4 Å².